The second kappa shape index (κ2) is 2.05. The fraction of sp³-hybridized carbons (Fsp3) is 0.500. The predicted molar refractivity (Wildman–Crippen MR) is 37.5 cm³/mol. The van der Waals surface area contributed by atoms with Crippen molar-refractivity contribution in [2.45, 2.75) is 18.8 Å². The van der Waals surface area contributed by atoms with Gasteiger partial charge >= 0.3 is 11.4 Å². The first-order chi connectivity index (χ1) is 5.25. The van der Waals surface area contributed by atoms with Crippen LogP contribution in [0.1, 0.15) is 24.6 Å². The molecule has 0 aliphatic heterocycles. The number of H-pyrrole nitrogens is 2. The molecule has 1 heterocycles. The molecule has 0 aromatic carbocycles. The van der Waals surface area contributed by atoms with E-state index in [0.29, 0.717) is 11.7 Å². The van der Waals surface area contributed by atoms with Crippen LogP contribution in [0.5, 0.6) is 0 Å². The van der Waals surface area contributed by atoms with E-state index in [4.69, 9.17) is 0 Å². The zero-order valence-electron chi connectivity index (χ0n) is 5.76. The first-order valence-electron chi connectivity index (χ1n) is 3.46. The van der Waals surface area contributed by atoms with E-state index < -0.39 is 11.4 Å². The van der Waals surface area contributed by atoms with E-state index in [-0.39, 0.29) is 0 Å². The summed E-state index contributed by atoms with van der Waals surface area (Å²) in [6.07, 6.45) is 2.04. The monoisotopic (exact) mass is 153 g/mol. The molecule has 1 fully saturated rings. The number of hydrogen-bond acceptors (Lipinski definition) is 3. The number of rotatable bonds is 1. The van der Waals surface area contributed by atoms with Crippen molar-refractivity contribution in [1.82, 2.24) is 15.0 Å². The van der Waals surface area contributed by atoms with E-state index >= 15 is 0 Å². The summed E-state index contributed by atoms with van der Waals surface area (Å²) in [5, 5.41) is 0. The summed E-state index contributed by atoms with van der Waals surface area (Å²) >= 11 is 0. The van der Waals surface area contributed by atoms with E-state index in [1.807, 2.05) is 4.98 Å². The molecule has 1 aliphatic rings. The highest BCUT2D eigenvalue weighted by Gasteiger charge is 2.26. The summed E-state index contributed by atoms with van der Waals surface area (Å²) in [5.74, 6) is 0.837. The Morgan fingerprint density at radius 3 is 2.55 bits per heavy atom. The molecule has 58 valence electrons. The Bertz CT molecular complexity index is 346. The van der Waals surface area contributed by atoms with Gasteiger partial charge in [0.15, 0.2) is 0 Å². The van der Waals surface area contributed by atoms with Crippen LogP contribution in [0.25, 0.3) is 0 Å². The minimum Gasteiger partial charge on any atom is -0.295 e. The molecular weight excluding hydrogens is 146 g/mol. The van der Waals surface area contributed by atoms with Gasteiger partial charge < -0.3 is 0 Å². The van der Waals surface area contributed by atoms with Gasteiger partial charge in [0, 0.05) is 5.92 Å². The average molecular weight is 153 g/mol. The minimum atomic E-state index is -0.560. The van der Waals surface area contributed by atoms with Gasteiger partial charge in [0.2, 0.25) is 0 Å². The van der Waals surface area contributed by atoms with Crippen molar-refractivity contribution in [2.24, 2.45) is 0 Å². The average Bonchev–Trinajstić information content (AvgIpc) is 2.64. The molecule has 1 aromatic heterocycles. The molecule has 5 nitrogen and oxygen atoms in total. The molecule has 0 atom stereocenters. The molecule has 5 heteroatoms. The predicted octanol–water partition coefficient (Wildman–Crippen LogP) is -0.664. The van der Waals surface area contributed by atoms with E-state index in [9.17, 15) is 9.59 Å². The quantitative estimate of drug-likeness (QED) is 0.562. The lowest BCUT2D eigenvalue weighted by atomic mass is 10.4. The molecule has 11 heavy (non-hydrogen) atoms. The maximum atomic E-state index is 10.7. The smallest absolute Gasteiger partial charge is 0.295 e. The number of aromatic nitrogens is 3. The molecule has 0 amide bonds. The molecule has 1 saturated carbocycles. The van der Waals surface area contributed by atoms with Gasteiger partial charge in [0.25, 0.3) is 0 Å². The minimum absolute atomic E-state index is 0.310. The van der Waals surface area contributed by atoms with Crippen molar-refractivity contribution in [3.05, 3.63) is 26.8 Å². The third-order valence-electron chi connectivity index (χ3n) is 1.65. The molecule has 1 aromatic rings. The highest BCUT2D eigenvalue weighted by Crippen LogP contribution is 2.36. The Labute approximate surface area is 61.5 Å². The van der Waals surface area contributed by atoms with E-state index in [2.05, 4.69) is 9.97 Å². The van der Waals surface area contributed by atoms with Gasteiger partial charge in [-0.25, -0.2) is 9.59 Å². The summed E-state index contributed by atoms with van der Waals surface area (Å²) in [5.41, 5.74) is -1.03. The second-order valence-corrected chi connectivity index (χ2v) is 2.66. The Balaban J connectivity index is 2.55. The third kappa shape index (κ3) is 1.21. The number of nitrogens with zero attached hydrogens (tertiary/aromatic N) is 1. The van der Waals surface area contributed by atoms with E-state index in [1.54, 1.807) is 0 Å². The SMILES string of the molecule is O=c1nc(C2CC2)[nH]c(=O)[nH]1. The summed E-state index contributed by atoms with van der Waals surface area (Å²) in [6, 6.07) is 0. The van der Waals surface area contributed by atoms with Crippen LogP contribution >= 0.6 is 0 Å². The van der Waals surface area contributed by atoms with Crippen LogP contribution in [0.4, 0.5) is 0 Å². The van der Waals surface area contributed by atoms with Crippen molar-refractivity contribution >= 4 is 0 Å². The van der Waals surface area contributed by atoms with Gasteiger partial charge in [0.05, 0.1) is 0 Å². The zero-order valence-corrected chi connectivity index (χ0v) is 5.76. The molecule has 0 saturated heterocycles. The molecule has 1 aliphatic carbocycles. The number of hydrogen-bond donors (Lipinski definition) is 2. The molecule has 0 unspecified atom stereocenters. The Morgan fingerprint density at radius 2 is 2.00 bits per heavy atom. The lowest BCUT2D eigenvalue weighted by Gasteiger charge is -1.91. The largest absolute Gasteiger partial charge is 0.350 e. The van der Waals surface area contributed by atoms with Crippen LogP contribution in [0.2, 0.25) is 0 Å². The lowest BCUT2D eigenvalue weighted by Crippen LogP contribution is -2.26. The normalized spacial score (nSPS) is 16.7. The summed E-state index contributed by atoms with van der Waals surface area (Å²) < 4.78 is 0. The first kappa shape index (κ1) is 6.33. The maximum Gasteiger partial charge on any atom is 0.350 e. The fourth-order valence-electron chi connectivity index (χ4n) is 0.960. The van der Waals surface area contributed by atoms with E-state index in [1.165, 1.54) is 0 Å². The van der Waals surface area contributed by atoms with Gasteiger partial charge in [0.1, 0.15) is 5.82 Å². The summed E-state index contributed by atoms with van der Waals surface area (Å²) in [7, 11) is 0. The van der Waals surface area contributed by atoms with Crippen molar-refractivity contribution in [1.29, 1.82) is 0 Å². The van der Waals surface area contributed by atoms with Crippen molar-refractivity contribution in [3.63, 3.8) is 0 Å². The summed E-state index contributed by atoms with van der Waals surface area (Å²) in [6.45, 7) is 0. The van der Waals surface area contributed by atoms with Crippen LogP contribution in [0.3, 0.4) is 0 Å². The van der Waals surface area contributed by atoms with Gasteiger partial charge in [-0.2, -0.15) is 4.98 Å². The van der Waals surface area contributed by atoms with Crippen LogP contribution in [-0.2, 0) is 0 Å². The fourth-order valence-corrected chi connectivity index (χ4v) is 0.960. The lowest BCUT2D eigenvalue weighted by molar-refractivity contribution is 0.826. The van der Waals surface area contributed by atoms with Gasteiger partial charge in [-0.3, -0.25) is 9.97 Å². The van der Waals surface area contributed by atoms with Crippen LogP contribution in [-0.4, -0.2) is 15.0 Å². The maximum absolute atomic E-state index is 10.7. The molecule has 2 N–H and O–H groups in total. The zero-order chi connectivity index (χ0) is 7.84. The highest BCUT2D eigenvalue weighted by atomic mass is 16.2. The van der Waals surface area contributed by atoms with Gasteiger partial charge in [-0.05, 0) is 12.8 Å². The van der Waals surface area contributed by atoms with Crippen molar-refractivity contribution in [2.75, 3.05) is 0 Å². The van der Waals surface area contributed by atoms with Gasteiger partial charge in [-0.15, -0.1) is 0 Å². The topological polar surface area (TPSA) is 78.6 Å². The Morgan fingerprint density at radius 1 is 1.27 bits per heavy atom. The molecular formula is C6H7N3O2. The van der Waals surface area contributed by atoms with Crippen LogP contribution < -0.4 is 11.4 Å². The Kier molecular flexibility index (Phi) is 1.18. The second-order valence-electron chi connectivity index (χ2n) is 2.66. The Hall–Kier alpha value is -1.39. The first-order valence-corrected chi connectivity index (χ1v) is 3.46. The number of nitrogens with one attached hydrogen (secondary N) is 2. The molecule has 2 rings (SSSR count). The highest BCUT2D eigenvalue weighted by molar-refractivity contribution is 5.02. The van der Waals surface area contributed by atoms with Crippen molar-refractivity contribution < 1.29 is 0 Å². The van der Waals surface area contributed by atoms with E-state index in [0.717, 1.165) is 12.8 Å². The standard InChI is InChI=1S/C6H7N3O2/c10-5-7-4(3-1-2-3)8-6(11)9-5/h3H,1-2H2,(H2,7,8,9,10,11). The third-order valence-corrected chi connectivity index (χ3v) is 1.65. The summed E-state index contributed by atoms with van der Waals surface area (Å²) in [4.78, 5) is 29.5. The molecule has 0 bridgehead atoms. The van der Waals surface area contributed by atoms with Crippen LogP contribution in [0.15, 0.2) is 9.59 Å². The van der Waals surface area contributed by atoms with Crippen LogP contribution in [0, 0.1) is 0 Å². The number of aromatic amines is 2. The van der Waals surface area contributed by atoms with Crippen molar-refractivity contribution in [3.8, 4) is 0 Å². The van der Waals surface area contributed by atoms with Gasteiger partial charge in [-0.1, -0.05) is 0 Å². The molecule has 0 radical (unpaired) electrons. The molecule has 0 spiro atoms.